The number of amides is 2. The molecule has 29 heavy (non-hydrogen) atoms. The van der Waals surface area contributed by atoms with Crippen LogP contribution in [0.2, 0.25) is 0 Å². The highest BCUT2D eigenvalue weighted by atomic mass is 32.2. The second-order valence-corrected chi connectivity index (χ2v) is 7.27. The van der Waals surface area contributed by atoms with Gasteiger partial charge in [0, 0.05) is 12.6 Å². The molecule has 9 heteroatoms. The Bertz CT molecular complexity index is 1020. The lowest BCUT2D eigenvalue weighted by molar-refractivity contribution is -0.113. The Kier molecular flexibility index (Phi) is 6.61. The lowest BCUT2D eigenvalue weighted by atomic mass is 10.1. The fourth-order valence-electron chi connectivity index (χ4n) is 2.47. The molecule has 3 rings (SSSR count). The van der Waals surface area contributed by atoms with Gasteiger partial charge in [0.1, 0.15) is 5.82 Å². The number of aryl methyl sites for hydroxylation is 1. The second-order valence-electron chi connectivity index (χ2n) is 6.32. The number of anilines is 1. The van der Waals surface area contributed by atoms with Gasteiger partial charge in [-0.1, -0.05) is 41.6 Å². The Hall–Kier alpha value is -3.20. The monoisotopic (exact) mass is 413 g/mol. The topological polar surface area (TPSA) is 88.9 Å². The molecule has 2 N–H and O–H groups in total. The van der Waals surface area contributed by atoms with E-state index in [1.54, 1.807) is 35.9 Å². The summed E-state index contributed by atoms with van der Waals surface area (Å²) in [7, 11) is 1.75. The van der Waals surface area contributed by atoms with E-state index in [1.165, 1.54) is 23.9 Å². The summed E-state index contributed by atoms with van der Waals surface area (Å²) in [6.45, 7) is 2.16. The zero-order valence-corrected chi connectivity index (χ0v) is 16.8. The van der Waals surface area contributed by atoms with Crippen molar-refractivity contribution in [2.75, 3.05) is 11.1 Å². The van der Waals surface area contributed by atoms with E-state index >= 15 is 0 Å². The van der Waals surface area contributed by atoms with Gasteiger partial charge in [0.15, 0.2) is 11.0 Å². The number of rotatable bonds is 7. The van der Waals surface area contributed by atoms with Crippen molar-refractivity contribution in [1.29, 1.82) is 0 Å². The molecular weight excluding hydrogens is 393 g/mol. The number of nitrogens with one attached hydrogen (secondary N) is 2. The highest BCUT2D eigenvalue weighted by molar-refractivity contribution is 7.99. The van der Waals surface area contributed by atoms with Gasteiger partial charge in [-0.3, -0.25) is 9.59 Å². The molecule has 1 aromatic heterocycles. The van der Waals surface area contributed by atoms with Gasteiger partial charge in [0.05, 0.1) is 18.0 Å². The Balaban J connectivity index is 1.52. The number of carbonyl (C=O) groups is 2. The highest BCUT2D eigenvalue weighted by Gasteiger charge is 2.14. The summed E-state index contributed by atoms with van der Waals surface area (Å²) in [4.78, 5) is 24.2. The maximum atomic E-state index is 13.6. The second kappa shape index (κ2) is 9.33. The molecular formula is C20H20FN5O2S. The molecule has 0 saturated heterocycles. The normalized spacial score (nSPS) is 10.6. The maximum absolute atomic E-state index is 13.6. The van der Waals surface area contributed by atoms with Gasteiger partial charge < -0.3 is 15.2 Å². The molecule has 0 fully saturated rings. The molecule has 7 nitrogen and oxygen atoms in total. The highest BCUT2D eigenvalue weighted by Crippen LogP contribution is 2.17. The first-order valence-electron chi connectivity index (χ1n) is 8.84. The molecule has 0 spiro atoms. The summed E-state index contributed by atoms with van der Waals surface area (Å²) in [6, 6.07) is 13.2. The van der Waals surface area contributed by atoms with Crippen molar-refractivity contribution in [1.82, 2.24) is 20.1 Å². The molecule has 0 aliphatic heterocycles. The van der Waals surface area contributed by atoms with Crippen molar-refractivity contribution in [3.63, 3.8) is 0 Å². The SMILES string of the molecule is Cc1ccc(C(=O)NCc2nnc(SCC(=O)Nc3ccccc3F)n2C)cc1. The minimum Gasteiger partial charge on any atom is -0.345 e. The van der Waals surface area contributed by atoms with Crippen LogP contribution in [0.25, 0.3) is 0 Å². The van der Waals surface area contributed by atoms with Crippen LogP contribution in [0.3, 0.4) is 0 Å². The lowest BCUT2D eigenvalue weighted by Gasteiger charge is -2.07. The number of nitrogens with zero attached hydrogens (tertiary/aromatic N) is 3. The number of aromatic nitrogens is 3. The molecule has 2 amide bonds. The van der Waals surface area contributed by atoms with Gasteiger partial charge >= 0.3 is 0 Å². The lowest BCUT2D eigenvalue weighted by Crippen LogP contribution is -2.24. The first kappa shape index (κ1) is 20.5. The van der Waals surface area contributed by atoms with Gasteiger partial charge in [0.25, 0.3) is 5.91 Å². The van der Waals surface area contributed by atoms with Crippen molar-refractivity contribution in [3.05, 3.63) is 71.3 Å². The Morgan fingerprint density at radius 3 is 2.55 bits per heavy atom. The number of hydrogen-bond acceptors (Lipinski definition) is 5. The zero-order valence-electron chi connectivity index (χ0n) is 16.0. The first-order valence-corrected chi connectivity index (χ1v) is 9.83. The Labute approximate surface area is 171 Å². The molecule has 150 valence electrons. The van der Waals surface area contributed by atoms with E-state index in [2.05, 4.69) is 20.8 Å². The summed E-state index contributed by atoms with van der Waals surface area (Å²) >= 11 is 1.18. The predicted octanol–water partition coefficient (Wildman–Crippen LogP) is 2.92. The standard InChI is InChI=1S/C20H20FN5O2S/c1-13-7-9-14(10-8-13)19(28)22-11-17-24-25-20(26(17)2)29-12-18(27)23-16-6-4-3-5-15(16)21/h3-10H,11-12H2,1-2H3,(H,22,28)(H,23,27). The maximum Gasteiger partial charge on any atom is 0.251 e. The van der Waals surface area contributed by atoms with Gasteiger partial charge in [-0.15, -0.1) is 10.2 Å². The van der Waals surface area contributed by atoms with Crippen LogP contribution in [0.1, 0.15) is 21.7 Å². The molecule has 0 saturated carbocycles. The summed E-state index contributed by atoms with van der Waals surface area (Å²) < 4.78 is 15.3. The quantitative estimate of drug-likeness (QED) is 0.582. The molecule has 0 atom stereocenters. The molecule has 3 aromatic rings. The average molecular weight is 413 g/mol. The van der Waals surface area contributed by atoms with E-state index < -0.39 is 5.82 Å². The Morgan fingerprint density at radius 2 is 1.83 bits per heavy atom. The third-order valence-corrected chi connectivity index (χ3v) is 5.15. The third-order valence-electron chi connectivity index (χ3n) is 4.13. The number of thioether (sulfide) groups is 1. The molecule has 0 unspecified atom stereocenters. The van der Waals surface area contributed by atoms with E-state index in [4.69, 9.17) is 0 Å². The summed E-state index contributed by atoms with van der Waals surface area (Å²) in [5.41, 5.74) is 1.78. The smallest absolute Gasteiger partial charge is 0.251 e. The zero-order chi connectivity index (χ0) is 20.8. The van der Waals surface area contributed by atoms with Crippen LogP contribution in [0, 0.1) is 12.7 Å². The molecule has 1 heterocycles. The van der Waals surface area contributed by atoms with Crippen molar-refractivity contribution >= 4 is 29.3 Å². The van der Waals surface area contributed by atoms with E-state index in [1.807, 2.05) is 19.1 Å². The van der Waals surface area contributed by atoms with Crippen LogP contribution in [0.15, 0.2) is 53.7 Å². The van der Waals surface area contributed by atoms with E-state index in [0.29, 0.717) is 16.5 Å². The fourth-order valence-corrected chi connectivity index (χ4v) is 3.20. The summed E-state index contributed by atoms with van der Waals surface area (Å²) in [6.07, 6.45) is 0. The van der Waals surface area contributed by atoms with E-state index in [0.717, 1.165) is 5.56 Å². The number of para-hydroxylation sites is 1. The van der Waals surface area contributed by atoms with Gasteiger partial charge in [0.2, 0.25) is 5.91 Å². The van der Waals surface area contributed by atoms with Crippen LogP contribution in [-0.2, 0) is 18.4 Å². The minimum absolute atomic E-state index is 0.0516. The molecule has 2 aromatic carbocycles. The average Bonchev–Trinajstić information content (AvgIpc) is 3.06. The van der Waals surface area contributed by atoms with Crippen molar-refractivity contribution in [2.45, 2.75) is 18.6 Å². The fraction of sp³-hybridized carbons (Fsp3) is 0.200. The number of hydrogen-bond donors (Lipinski definition) is 2. The van der Waals surface area contributed by atoms with Crippen molar-refractivity contribution < 1.29 is 14.0 Å². The van der Waals surface area contributed by atoms with Crippen LogP contribution in [0.4, 0.5) is 10.1 Å². The third kappa shape index (κ3) is 5.41. The Morgan fingerprint density at radius 1 is 1.10 bits per heavy atom. The largest absolute Gasteiger partial charge is 0.345 e. The number of benzene rings is 2. The van der Waals surface area contributed by atoms with Crippen LogP contribution < -0.4 is 10.6 Å². The van der Waals surface area contributed by atoms with E-state index in [-0.39, 0.29) is 29.8 Å². The number of halogens is 1. The predicted molar refractivity (Wildman–Crippen MR) is 109 cm³/mol. The van der Waals surface area contributed by atoms with Gasteiger partial charge in [-0.25, -0.2) is 4.39 Å². The van der Waals surface area contributed by atoms with E-state index in [9.17, 15) is 14.0 Å². The van der Waals surface area contributed by atoms with Crippen molar-refractivity contribution in [2.24, 2.45) is 7.05 Å². The molecule has 0 aliphatic rings. The van der Waals surface area contributed by atoms with Crippen LogP contribution in [-0.4, -0.2) is 32.3 Å². The molecule has 0 aliphatic carbocycles. The minimum atomic E-state index is -0.490. The van der Waals surface area contributed by atoms with Crippen LogP contribution in [0.5, 0.6) is 0 Å². The number of carbonyl (C=O) groups excluding carboxylic acids is 2. The summed E-state index contributed by atoms with van der Waals surface area (Å²) in [5.74, 6) is -0.432. The van der Waals surface area contributed by atoms with Crippen molar-refractivity contribution in [3.8, 4) is 0 Å². The van der Waals surface area contributed by atoms with Gasteiger partial charge in [-0.05, 0) is 31.2 Å². The van der Waals surface area contributed by atoms with Crippen LogP contribution >= 0.6 is 11.8 Å². The van der Waals surface area contributed by atoms with Gasteiger partial charge in [-0.2, -0.15) is 0 Å². The summed E-state index contributed by atoms with van der Waals surface area (Å²) in [5, 5.41) is 13.9. The molecule has 0 radical (unpaired) electrons. The molecule has 0 bridgehead atoms. The first-order chi connectivity index (χ1) is 13.9.